The van der Waals surface area contributed by atoms with Gasteiger partial charge < -0.3 is 4.90 Å². The minimum absolute atomic E-state index is 0.433. The second-order valence-electron chi connectivity index (χ2n) is 3.44. The molecule has 0 fully saturated rings. The Labute approximate surface area is 89.7 Å². The summed E-state index contributed by atoms with van der Waals surface area (Å²) in [6.45, 7) is 5.62. The summed E-state index contributed by atoms with van der Waals surface area (Å²) in [5.41, 5.74) is 1.90. The van der Waals surface area contributed by atoms with Gasteiger partial charge in [0.2, 0.25) is 5.78 Å². The molecule has 0 aliphatic heterocycles. The lowest BCUT2D eigenvalue weighted by Gasteiger charge is -2.19. The van der Waals surface area contributed by atoms with E-state index in [1.165, 1.54) is 11.8 Å². The molecular weight excluding hydrogens is 190 g/mol. The zero-order valence-corrected chi connectivity index (χ0v) is 9.28. The predicted octanol–water partition coefficient (Wildman–Crippen LogP) is 1.94. The number of amides is 1. The number of rotatable bonds is 3. The molecule has 15 heavy (non-hydrogen) atoms. The van der Waals surface area contributed by atoms with Gasteiger partial charge in [0, 0.05) is 19.2 Å². The molecule has 0 saturated carbocycles. The first kappa shape index (κ1) is 11.4. The molecule has 1 aromatic rings. The quantitative estimate of drug-likeness (QED) is 0.707. The molecule has 1 rings (SSSR count). The van der Waals surface area contributed by atoms with Gasteiger partial charge in [-0.25, -0.2) is 0 Å². The molecule has 0 aliphatic carbocycles. The summed E-state index contributed by atoms with van der Waals surface area (Å²) in [5, 5.41) is 0. The summed E-state index contributed by atoms with van der Waals surface area (Å²) in [6.07, 6.45) is 0. The number of ketones is 1. The molecule has 0 bridgehead atoms. The normalized spacial score (nSPS) is 9.80. The third-order valence-corrected chi connectivity index (χ3v) is 2.21. The van der Waals surface area contributed by atoms with Gasteiger partial charge in [0.1, 0.15) is 0 Å². The Morgan fingerprint density at radius 1 is 1.20 bits per heavy atom. The second-order valence-corrected chi connectivity index (χ2v) is 3.44. The zero-order valence-electron chi connectivity index (χ0n) is 9.28. The number of anilines is 1. The van der Waals surface area contributed by atoms with Crippen molar-refractivity contribution in [3.8, 4) is 0 Å². The average molecular weight is 205 g/mol. The first-order valence-electron chi connectivity index (χ1n) is 4.95. The molecule has 0 N–H and O–H groups in total. The van der Waals surface area contributed by atoms with E-state index in [4.69, 9.17) is 0 Å². The molecule has 0 heterocycles. The molecule has 0 unspecified atom stereocenters. The van der Waals surface area contributed by atoms with Crippen LogP contribution in [0.4, 0.5) is 5.69 Å². The van der Waals surface area contributed by atoms with Crippen molar-refractivity contribution < 1.29 is 9.59 Å². The summed E-state index contributed by atoms with van der Waals surface area (Å²) in [7, 11) is 0. The van der Waals surface area contributed by atoms with Gasteiger partial charge in [0.15, 0.2) is 0 Å². The Morgan fingerprint density at radius 2 is 1.73 bits per heavy atom. The van der Waals surface area contributed by atoms with Crippen LogP contribution in [-0.4, -0.2) is 18.2 Å². The highest BCUT2D eigenvalue weighted by Gasteiger charge is 2.17. The van der Waals surface area contributed by atoms with Crippen LogP contribution in [0.15, 0.2) is 24.3 Å². The fourth-order valence-electron chi connectivity index (χ4n) is 1.36. The fraction of sp³-hybridized carbons (Fsp3) is 0.333. The molecule has 80 valence electrons. The van der Waals surface area contributed by atoms with E-state index in [1.54, 1.807) is 0 Å². The Bertz CT molecular complexity index is 368. The van der Waals surface area contributed by atoms with Crippen LogP contribution in [0, 0.1) is 6.92 Å². The number of aryl methyl sites for hydroxylation is 1. The molecule has 0 radical (unpaired) electrons. The highest BCUT2D eigenvalue weighted by Crippen LogP contribution is 2.15. The summed E-state index contributed by atoms with van der Waals surface area (Å²) in [4.78, 5) is 24.0. The number of hydrogen-bond acceptors (Lipinski definition) is 2. The van der Waals surface area contributed by atoms with E-state index in [9.17, 15) is 9.59 Å². The van der Waals surface area contributed by atoms with Crippen molar-refractivity contribution in [1.82, 2.24) is 0 Å². The van der Waals surface area contributed by atoms with Gasteiger partial charge in [-0.3, -0.25) is 9.59 Å². The molecule has 0 aromatic heterocycles. The average Bonchev–Trinajstić information content (AvgIpc) is 2.21. The predicted molar refractivity (Wildman–Crippen MR) is 59.9 cm³/mol. The summed E-state index contributed by atoms with van der Waals surface area (Å²) in [5.74, 6) is -0.890. The van der Waals surface area contributed by atoms with Crippen LogP contribution < -0.4 is 4.90 Å². The van der Waals surface area contributed by atoms with Gasteiger partial charge in [-0.2, -0.15) is 0 Å². The van der Waals surface area contributed by atoms with Crippen LogP contribution >= 0.6 is 0 Å². The highest BCUT2D eigenvalue weighted by atomic mass is 16.2. The number of Topliss-reactive ketones (excluding diaryl/α,β-unsaturated/α-hetero) is 1. The minimum Gasteiger partial charge on any atom is -0.306 e. The molecule has 0 aliphatic rings. The number of carbonyl (C=O) groups is 2. The van der Waals surface area contributed by atoms with Crippen molar-refractivity contribution in [2.75, 3.05) is 11.4 Å². The standard InChI is InChI=1S/C12H15NO2/c1-4-13(12(15)10(3)14)11-7-5-9(2)6-8-11/h5-8H,4H2,1-3H3. The van der Waals surface area contributed by atoms with Crippen molar-refractivity contribution >= 4 is 17.4 Å². The maximum atomic E-state index is 11.5. The first-order valence-corrected chi connectivity index (χ1v) is 4.95. The number of hydrogen-bond donors (Lipinski definition) is 0. The smallest absolute Gasteiger partial charge is 0.294 e. The molecule has 3 nitrogen and oxygen atoms in total. The van der Waals surface area contributed by atoms with E-state index in [2.05, 4.69) is 0 Å². The van der Waals surface area contributed by atoms with Crippen LogP contribution in [0.1, 0.15) is 19.4 Å². The Morgan fingerprint density at radius 3 is 2.13 bits per heavy atom. The fourth-order valence-corrected chi connectivity index (χ4v) is 1.36. The Balaban J connectivity index is 2.97. The number of likely N-dealkylation sites (N-methyl/N-ethyl adjacent to an activating group) is 1. The minimum atomic E-state index is -0.457. The van der Waals surface area contributed by atoms with Gasteiger partial charge in [-0.1, -0.05) is 17.7 Å². The van der Waals surface area contributed by atoms with E-state index >= 15 is 0 Å². The van der Waals surface area contributed by atoms with Gasteiger partial charge in [0.05, 0.1) is 0 Å². The van der Waals surface area contributed by atoms with Crippen molar-refractivity contribution in [3.63, 3.8) is 0 Å². The van der Waals surface area contributed by atoms with Crippen LogP contribution in [-0.2, 0) is 9.59 Å². The van der Waals surface area contributed by atoms with Crippen LogP contribution in [0.25, 0.3) is 0 Å². The maximum absolute atomic E-state index is 11.5. The lowest BCUT2D eigenvalue weighted by molar-refractivity contribution is -0.135. The van der Waals surface area contributed by atoms with Gasteiger partial charge in [-0.15, -0.1) is 0 Å². The zero-order chi connectivity index (χ0) is 11.4. The van der Waals surface area contributed by atoms with Gasteiger partial charge >= 0.3 is 0 Å². The molecular formula is C12H15NO2. The van der Waals surface area contributed by atoms with Crippen LogP contribution in [0.3, 0.4) is 0 Å². The highest BCUT2D eigenvalue weighted by molar-refractivity contribution is 6.40. The Hall–Kier alpha value is -1.64. The number of nitrogens with zero attached hydrogens (tertiary/aromatic N) is 1. The van der Waals surface area contributed by atoms with E-state index in [0.29, 0.717) is 6.54 Å². The lowest BCUT2D eigenvalue weighted by Crippen LogP contribution is -2.35. The van der Waals surface area contributed by atoms with E-state index in [-0.39, 0.29) is 0 Å². The Kier molecular flexibility index (Phi) is 3.61. The molecule has 3 heteroatoms. The van der Waals surface area contributed by atoms with E-state index < -0.39 is 11.7 Å². The third kappa shape index (κ3) is 2.65. The summed E-state index contributed by atoms with van der Waals surface area (Å²) in [6, 6.07) is 7.54. The topological polar surface area (TPSA) is 37.4 Å². The molecule has 1 amide bonds. The number of carbonyl (C=O) groups excluding carboxylic acids is 2. The number of benzene rings is 1. The van der Waals surface area contributed by atoms with Gasteiger partial charge in [0.25, 0.3) is 5.91 Å². The monoisotopic (exact) mass is 205 g/mol. The third-order valence-electron chi connectivity index (χ3n) is 2.21. The van der Waals surface area contributed by atoms with Crippen LogP contribution in [0.5, 0.6) is 0 Å². The van der Waals surface area contributed by atoms with E-state index in [1.807, 2.05) is 38.1 Å². The largest absolute Gasteiger partial charge is 0.306 e. The van der Waals surface area contributed by atoms with Crippen LogP contribution in [0.2, 0.25) is 0 Å². The second kappa shape index (κ2) is 4.73. The summed E-state index contributed by atoms with van der Waals surface area (Å²) >= 11 is 0. The van der Waals surface area contributed by atoms with Crippen molar-refractivity contribution in [1.29, 1.82) is 0 Å². The molecule has 0 atom stereocenters. The molecule has 0 saturated heterocycles. The van der Waals surface area contributed by atoms with Crippen molar-refractivity contribution in [2.24, 2.45) is 0 Å². The molecule has 0 spiro atoms. The first-order chi connectivity index (χ1) is 7.06. The maximum Gasteiger partial charge on any atom is 0.294 e. The SMILES string of the molecule is CCN(C(=O)C(C)=O)c1ccc(C)cc1. The van der Waals surface area contributed by atoms with Gasteiger partial charge in [-0.05, 0) is 26.0 Å². The van der Waals surface area contributed by atoms with Crippen molar-refractivity contribution in [2.45, 2.75) is 20.8 Å². The molecule has 1 aromatic carbocycles. The lowest BCUT2D eigenvalue weighted by atomic mass is 10.2. The van der Waals surface area contributed by atoms with E-state index in [0.717, 1.165) is 11.3 Å². The van der Waals surface area contributed by atoms with Crippen molar-refractivity contribution in [3.05, 3.63) is 29.8 Å². The summed E-state index contributed by atoms with van der Waals surface area (Å²) < 4.78 is 0.